The van der Waals surface area contributed by atoms with E-state index in [0.29, 0.717) is 16.3 Å². The lowest BCUT2D eigenvalue weighted by atomic mass is 9.95. The maximum absolute atomic E-state index is 12.8. The number of amides is 2. The number of benzene rings is 2. The van der Waals surface area contributed by atoms with E-state index in [-0.39, 0.29) is 24.4 Å². The van der Waals surface area contributed by atoms with Gasteiger partial charge < -0.3 is 15.5 Å². The number of carbonyl (C=O) groups excluding carboxylic acids is 2. The van der Waals surface area contributed by atoms with Crippen LogP contribution in [0.15, 0.2) is 30.3 Å². The Labute approximate surface area is 177 Å². The van der Waals surface area contributed by atoms with Crippen LogP contribution in [0.4, 0.5) is 11.4 Å². The largest absolute Gasteiger partial charge is 0.362 e. The molecule has 2 aromatic rings. The summed E-state index contributed by atoms with van der Waals surface area (Å²) in [5.41, 5.74) is 5.31. The van der Waals surface area contributed by atoms with Gasteiger partial charge >= 0.3 is 0 Å². The van der Waals surface area contributed by atoms with E-state index in [1.807, 2.05) is 62.9 Å². The van der Waals surface area contributed by atoms with Gasteiger partial charge in [0.1, 0.15) is 0 Å². The van der Waals surface area contributed by atoms with Crippen LogP contribution in [0.1, 0.15) is 47.3 Å². The number of anilines is 2. The first-order valence-electron chi connectivity index (χ1n) is 10.0. The number of nitrogens with one attached hydrogen (secondary N) is 2. The standard InChI is InChI=1S/C23H28ClN3O2/c1-14(2)25-23(29)18-7-5-9-20-17(18)8-6-10-27(20)13-21(28)26-22-16(4)11-15(3)12-19(22)24/h5,7,9,11-12,14H,6,8,10,13H2,1-4H3,(H,25,29)(H,26,28). The highest BCUT2D eigenvalue weighted by molar-refractivity contribution is 6.34. The van der Waals surface area contributed by atoms with Crippen LogP contribution in [0.3, 0.4) is 0 Å². The Hall–Kier alpha value is -2.53. The predicted octanol–water partition coefficient (Wildman–Crippen LogP) is 4.49. The van der Waals surface area contributed by atoms with Gasteiger partial charge in [-0.05, 0) is 75.4 Å². The van der Waals surface area contributed by atoms with Gasteiger partial charge in [0.15, 0.2) is 0 Å². The zero-order chi connectivity index (χ0) is 21.1. The highest BCUT2D eigenvalue weighted by Gasteiger charge is 2.24. The van der Waals surface area contributed by atoms with Crippen LogP contribution in [0.5, 0.6) is 0 Å². The topological polar surface area (TPSA) is 61.4 Å². The van der Waals surface area contributed by atoms with E-state index in [1.54, 1.807) is 0 Å². The molecule has 2 aromatic carbocycles. The summed E-state index contributed by atoms with van der Waals surface area (Å²) in [5, 5.41) is 6.46. The summed E-state index contributed by atoms with van der Waals surface area (Å²) < 4.78 is 0. The second-order valence-corrected chi connectivity index (χ2v) is 8.35. The average Bonchev–Trinajstić information content (AvgIpc) is 2.64. The van der Waals surface area contributed by atoms with Crippen LogP contribution < -0.4 is 15.5 Å². The van der Waals surface area contributed by atoms with E-state index >= 15 is 0 Å². The number of rotatable bonds is 5. The number of halogens is 1. The Morgan fingerprint density at radius 2 is 1.97 bits per heavy atom. The molecule has 0 aliphatic carbocycles. The molecule has 0 saturated carbocycles. The second kappa shape index (κ2) is 8.87. The van der Waals surface area contributed by atoms with Crippen molar-refractivity contribution in [1.82, 2.24) is 5.32 Å². The SMILES string of the molecule is Cc1cc(C)c(NC(=O)CN2CCCc3c(C(=O)NC(C)C)cccc32)c(Cl)c1. The summed E-state index contributed by atoms with van der Waals surface area (Å²) >= 11 is 6.33. The summed E-state index contributed by atoms with van der Waals surface area (Å²) in [5.74, 6) is -0.186. The fourth-order valence-electron chi connectivity index (χ4n) is 3.84. The number of hydrogen-bond donors (Lipinski definition) is 2. The van der Waals surface area contributed by atoms with Gasteiger partial charge in [-0.3, -0.25) is 9.59 Å². The number of carbonyl (C=O) groups is 2. The Kier molecular flexibility index (Phi) is 6.48. The van der Waals surface area contributed by atoms with Gasteiger partial charge in [0.2, 0.25) is 5.91 Å². The van der Waals surface area contributed by atoms with Gasteiger partial charge in [-0.1, -0.05) is 23.7 Å². The first-order valence-corrected chi connectivity index (χ1v) is 10.4. The number of aryl methyl sites for hydroxylation is 2. The molecule has 0 aromatic heterocycles. The molecule has 29 heavy (non-hydrogen) atoms. The van der Waals surface area contributed by atoms with E-state index in [9.17, 15) is 9.59 Å². The van der Waals surface area contributed by atoms with Crippen molar-refractivity contribution in [3.8, 4) is 0 Å². The van der Waals surface area contributed by atoms with Gasteiger partial charge in [0.05, 0.1) is 17.3 Å². The molecule has 0 spiro atoms. The summed E-state index contributed by atoms with van der Waals surface area (Å²) in [6, 6.07) is 9.64. The Bertz CT molecular complexity index is 917. The predicted molar refractivity (Wildman–Crippen MR) is 119 cm³/mol. The molecule has 2 amide bonds. The van der Waals surface area contributed by atoms with Crippen molar-refractivity contribution < 1.29 is 9.59 Å². The van der Waals surface area contributed by atoms with Crippen LogP contribution in [0.25, 0.3) is 0 Å². The fraction of sp³-hybridized carbons (Fsp3) is 0.391. The third-order valence-corrected chi connectivity index (χ3v) is 5.34. The number of hydrogen-bond acceptors (Lipinski definition) is 3. The van der Waals surface area contributed by atoms with Crippen molar-refractivity contribution >= 4 is 34.8 Å². The van der Waals surface area contributed by atoms with Crippen molar-refractivity contribution in [3.63, 3.8) is 0 Å². The minimum Gasteiger partial charge on any atom is -0.362 e. The van der Waals surface area contributed by atoms with E-state index in [1.165, 1.54) is 0 Å². The summed E-state index contributed by atoms with van der Waals surface area (Å²) in [6.07, 6.45) is 1.73. The van der Waals surface area contributed by atoms with Crippen LogP contribution in [0.2, 0.25) is 5.02 Å². The van der Waals surface area contributed by atoms with Gasteiger partial charge in [-0.25, -0.2) is 0 Å². The summed E-state index contributed by atoms with van der Waals surface area (Å²) in [6.45, 7) is 8.79. The molecule has 0 bridgehead atoms. The lowest BCUT2D eigenvalue weighted by Gasteiger charge is -2.32. The van der Waals surface area contributed by atoms with Crippen molar-refractivity contribution in [3.05, 3.63) is 57.6 Å². The zero-order valence-electron chi connectivity index (χ0n) is 17.4. The first kappa shape index (κ1) is 21.2. The third kappa shape index (κ3) is 4.91. The van der Waals surface area contributed by atoms with Crippen LogP contribution in [0, 0.1) is 13.8 Å². The molecule has 0 unspecified atom stereocenters. The van der Waals surface area contributed by atoms with Gasteiger partial charge in [-0.15, -0.1) is 0 Å². The van der Waals surface area contributed by atoms with Gasteiger partial charge in [0.25, 0.3) is 5.91 Å². The van der Waals surface area contributed by atoms with Crippen molar-refractivity contribution in [1.29, 1.82) is 0 Å². The molecule has 1 aliphatic rings. The number of nitrogens with zero attached hydrogens (tertiary/aromatic N) is 1. The molecule has 5 nitrogen and oxygen atoms in total. The zero-order valence-corrected chi connectivity index (χ0v) is 18.2. The smallest absolute Gasteiger partial charge is 0.251 e. The van der Waals surface area contributed by atoms with Crippen LogP contribution in [-0.4, -0.2) is 30.9 Å². The molecule has 1 aliphatic heterocycles. The van der Waals surface area contributed by atoms with E-state index < -0.39 is 0 Å². The summed E-state index contributed by atoms with van der Waals surface area (Å²) in [4.78, 5) is 27.4. The van der Waals surface area contributed by atoms with Crippen molar-refractivity contribution in [2.24, 2.45) is 0 Å². The average molecular weight is 414 g/mol. The lowest BCUT2D eigenvalue weighted by Crippen LogP contribution is -2.38. The van der Waals surface area contributed by atoms with Crippen LogP contribution in [-0.2, 0) is 11.2 Å². The molecule has 3 rings (SSSR count). The minimum absolute atomic E-state index is 0.0646. The molecule has 0 radical (unpaired) electrons. The molecular weight excluding hydrogens is 386 g/mol. The van der Waals surface area contributed by atoms with Crippen molar-refractivity contribution in [2.75, 3.05) is 23.3 Å². The highest BCUT2D eigenvalue weighted by atomic mass is 35.5. The molecular formula is C23H28ClN3O2. The third-order valence-electron chi connectivity index (χ3n) is 5.04. The molecule has 1 heterocycles. The molecule has 0 fully saturated rings. The van der Waals surface area contributed by atoms with E-state index in [2.05, 4.69) is 10.6 Å². The van der Waals surface area contributed by atoms with E-state index in [4.69, 9.17) is 11.6 Å². The number of fused-ring (bicyclic) bond motifs is 1. The Morgan fingerprint density at radius 3 is 2.66 bits per heavy atom. The highest BCUT2D eigenvalue weighted by Crippen LogP contribution is 2.31. The van der Waals surface area contributed by atoms with Gasteiger partial charge in [0, 0.05) is 23.8 Å². The normalized spacial score (nSPS) is 13.2. The molecule has 154 valence electrons. The summed E-state index contributed by atoms with van der Waals surface area (Å²) in [7, 11) is 0. The van der Waals surface area contributed by atoms with E-state index in [0.717, 1.165) is 41.8 Å². The molecule has 6 heteroatoms. The van der Waals surface area contributed by atoms with Crippen LogP contribution >= 0.6 is 11.6 Å². The molecule has 2 N–H and O–H groups in total. The molecule has 0 atom stereocenters. The minimum atomic E-state index is -0.122. The Balaban J connectivity index is 1.79. The Morgan fingerprint density at radius 1 is 1.21 bits per heavy atom. The quantitative estimate of drug-likeness (QED) is 0.759. The monoisotopic (exact) mass is 413 g/mol. The lowest BCUT2D eigenvalue weighted by molar-refractivity contribution is -0.115. The molecule has 0 saturated heterocycles. The maximum atomic E-state index is 12.8. The second-order valence-electron chi connectivity index (χ2n) is 7.94. The van der Waals surface area contributed by atoms with Crippen molar-refractivity contribution in [2.45, 2.75) is 46.6 Å². The fourth-order valence-corrected chi connectivity index (χ4v) is 4.21. The first-order chi connectivity index (χ1) is 13.8. The van der Waals surface area contributed by atoms with Gasteiger partial charge in [-0.2, -0.15) is 0 Å². The maximum Gasteiger partial charge on any atom is 0.251 e.